The van der Waals surface area contributed by atoms with Gasteiger partial charge in [-0.15, -0.1) is 0 Å². The Hall–Kier alpha value is -2.57. The van der Waals surface area contributed by atoms with E-state index in [0.717, 1.165) is 0 Å². The van der Waals surface area contributed by atoms with E-state index in [4.69, 9.17) is 9.47 Å². The molecule has 0 heterocycles. The molecule has 0 aliphatic rings. The van der Waals surface area contributed by atoms with Crippen molar-refractivity contribution in [1.82, 2.24) is 10.6 Å². The van der Waals surface area contributed by atoms with Crippen LogP contribution in [0.5, 0.6) is 5.75 Å². The number of nitrogens with one attached hydrogen (secondary N) is 2. The minimum absolute atomic E-state index is 0.180. The molecule has 2 amide bonds. The molecule has 1 atom stereocenters. The quantitative estimate of drug-likeness (QED) is 0.793. The van der Waals surface area contributed by atoms with E-state index in [-0.39, 0.29) is 23.8 Å². The van der Waals surface area contributed by atoms with Crippen LogP contribution in [-0.4, -0.2) is 41.6 Å². The number of benzene rings is 1. The highest BCUT2D eigenvalue weighted by Crippen LogP contribution is 2.13. The maximum Gasteiger partial charge on any atom is 0.408 e. The molecule has 150 valence electrons. The highest BCUT2D eigenvalue weighted by atomic mass is 16.6. The van der Waals surface area contributed by atoms with E-state index in [9.17, 15) is 14.4 Å². The number of hydrogen-bond donors (Lipinski definition) is 2. The topological polar surface area (TPSA) is 93.7 Å². The number of ketones is 1. The smallest absolute Gasteiger partial charge is 0.408 e. The van der Waals surface area contributed by atoms with Crippen LogP contribution in [0.15, 0.2) is 24.3 Å². The third-order valence-corrected chi connectivity index (χ3v) is 3.20. The molecule has 0 spiro atoms. The Kier molecular flexibility index (Phi) is 7.39. The zero-order chi connectivity index (χ0) is 20.8. The van der Waals surface area contributed by atoms with Gasteiger partial charge >= 0.3 is 6.09 Å². The number of ether oxygens (including phenoxy) is 2. The van der Waals surface area contributed by atoms with Gasteiger partial charge in [0, 0.05) is 11.1 Å². The summed E-state index contributed by atoms with van der Waals surface area (Å²) < 4.78 is 10.5. The molecule has 1 aromatic rings. The minimum atomic E-state index is -0.739. The molecule has 0 fully saturated rings. The van der Waals surface area contributed by atoms with Crippen molar-refractivity contribution in [3.05, 3.63) is 29.8 Å². The summed E-state index contributed by atoms with van der Waals surface area (Å²) in [5.74, 6) is -0.0177. The molecule has 7 nitrogen and oxygen atoms in total. The summed E-state index contributed by atoms with van der Waals surface area (Å²) >= 11 is 0. The fraction of sp³-hybridized carbons (Fsp3) is 0.550. The number of rotatable bonds is 6. The van der Waals surface area contributed by atoms with Gasteiger partial charge in [0.05, 0.1) is 6.04 Å². The fourth-order valence-electron chi connectivity index (χ4n) is 1.96. The van der Waals surface area contributed by atoms with Crippen molar-refractivity contribution in [2.24, 2.45) is 0 Å². The number of carbonyl (C=O) groups excluding carboxylic acids is 3. The highest BCUT2D eigenvalue weighted by molar-refractivity contribution is 5.94. The number of hydrogen-bond acceptors (Lipinski definition) is 5. The second kappa shape index (κ2) is 8.88. The van der Waals surface area contributed by atoms with Crippen LogP contribution in [0, 0.1) is 0 Å². The number of alkyl carbamates (subject to hydrolysis) is 1. The molecule has 1 rings (SSSR count). The molecule has 0 radical (unpaired) electrons. The van der Waals surface area contributed by atoms with Crippen LogP contribution >= 0.6 is 0 Å². The maximum absolute atomic E-state index is 12.1. The Morgan fingerprint density at radius 1 is 1.00 bits per heavy atom. The van der Waals surface area contributed by atoms with E-state index in [2.05, 4.69) is 10.6 Å². The van der Waals surface area contributed by atoms with Gasteiger partial charge in [-0.05, 0) is 72.7 Å². The van der Waals surface area contributed by atoms with Crippen molar-refractivity contribution in [1.29, 1.82) is 0 Å². The summed E-state index contributed by atoms with van der Waals surface area (Å²) in [6.45, 7) is 12.3. The van der Waals surface area contributed by atoms with Crippen LogP contribution in [0.3, 0.4) is 0 Å². The molecule has 2 N–H and O–H groups in total. The van der Waals surface area contributed by atoms with Crippen molar-refractivity contribution >= 4 is 17.8 Å². The summed E-state index contributed by atoms with van der Waals surface area (Å²) in [4.78, 5) is 35.8. The van der Waals surface area contributed by atoms with Crippen LogP contribution in [0.4, 0.5) is 4.79 Å². The van der Waals surface area contributed by atoms with Gasteiger partial charge in [0.15, 0.2) is 5.78 Å². The van der Waals surface area contributed by atoms with Crippen LogP contribution in [0.1, 0.15) is 58.8 Å². The third-order valence-electron chi connectivity index (χ3n) is 3.20. The molecule has 0 unspecified atom stereocenters. The Labute approximate surface area is 160 Å². The third kappa shape index (κ3) is 9.08. The van der Waals surface area contributed by atoms with Gasteiger partial charge in [-0.1, -0.05) is 0 Å². The first-order chi connectivity index (χ1) is 12.3. The summed E-state index contributed by atoms with van der Waals surface area (Å²) in [5, 5.41) is 5.34. The summed E-state index contributed by atoms with van der Waals surface area (Å²) in [6, 6.07) is 5.76. The van der Waals surface area contributed by atoms with Gasteiger partial charge in [-0.3, -0.25) is 9.59 Å². The van der Waals surface area contributed by atoms with E-state index < -0.39 is 17.7 Å². The zero-order valence-corrected chi connectivity index (χ0v) is 17.1. The lowest BCUT2D eigenvalue weighted by atomic mass is 10.1. The molecule has 1 aromatic carbocycles. The normalized spacial score (nSPS) is 12.7. The molecule has 0 bridgehead atoms. The number of carbonyl (C=O) groups is 3. The molecule has 0 aliphatic heterocycles. The van der Waals surface area contributed by atoms with E-state index in [1.165, 1.54) is 0 Å². The van der Waals surface area contributed by atoms with Crippen molar-refractivity contribution in [2.75, 3.05) is 6.61 Å². The summed E-state index contributed by atoms with van der Waals surface area (Å²) in [7, 11) is 0. The lowest BCUT2D eigenvalue weighted by Gasteiger charge is -2.21. The Morgan fingerprint density at radius 3 is 2.04 bits per heavy atom. The lowest BCUT2D eigenvalue weighted by molar-refractivity contribution is -0.122. The SMILES string of the molecule is C[C@H](NC(=O)OC(C)(C)C)C(=O)COc1ccc(C(=O)NC(C)(C)C)cc1. The monoisotopic (exact) mass is 378 g/mol. The first kappa shape index (κ1) is 22.5. The standard InChI is InChI=1S/C20H30N2O5/c1-13(21-18(25)27-20(5,6)7)16(23)12-26-15-10-8-14(9-11-15)17(24)22-19(2,3)4/h8-11,13H,12H2,1-7H3,(H,21,25)(H,22,24)/t13-/m0/s1. The molecule has 0 saturated carbocycles. The van der Waals surface area contributed by atoms with Crippen LogP contribution in [-0.2, 0) is 9.53 Å². The predicted octanol–water partition coefficient (Wildman–Crippen LogP) is 3.08. The van der Waals surface area contributed by atoms with E-state index >= 15 is 0 Å². The predicted molar refractivity (Wildman–Crippen MR) is 103 cm³/mol. The van der Waals surface area contributed by atoms with Crippen LogP contribution in [0.25, 0.3) is 0 Å². The number of amides is 2. The summed E-state index contributed by atoms with van der Waals surface area (Å²) in [6.07, 6.45) is -0.655. The average Bonchev–Trinajstić information content (AvgIpc) is 2.49. The van der Waals surface area contributed by atoms with Gasteiger partial charge in [0.25, 0.3) is 5.91 Å². The Balaban J connectivity index is 2.52. The Bertz CT molecular complexity index is 669. The molecular formula is C20H30N2O5. The van der Waals surface area contributed by atoms with E-state index in [1.807, 2.05) is 20.8 Å². The molecule has 0 aromatic heterocycles. The lowest BCUT2D eigenvalue weighted by Crippen LogP contribution is -2.43. The van der Waals surface area contributed by atoms with Gasteiger partial charge in [0.1, 0.15) is 18.0 Å². The zero-order valence-electron chi connectivity index (χ0n) is 17.1. The molecular weight excluding hydrogens is 348 g/mol. The van der Waals surface area contributed by atoms with Crippen LogP contribution < -0.4 is 15.4 Å². The van der Waals surface area contributed by atoms with Gasteiger partial charge in [-0.2, -0.15) is 0 Å². The maximum atomic E-state index is 12.1. The second-order valence-electron chi connectivity index (χ2n) is 8.35. The van der Waals surface area contributed by atoms with Crippen molar-refractivity contribution < 1.29 is 23.9 Å². The minimum Gasteiger partial charge on any atom is -0.486 e. The molecule has 7 heteroatoms. The van der Waals surface area contributed by atoms with Gasteiger partial charge in [0.2, 0.25) is 0 Å². The average molecular weight is 378 g/mol. The Morgan fingerprint density at radius 2 is 1.56 bits per heavy atom. The fourth-order valence-corrected chi connectivity index (χ4v) is 1.96. The van der Waals surface area contributed by atoms with Crippen molar-refractivity contribution in [2.45, 2.75) is 65.6 Å². The van der Waals surface area contributed by atoms with Crippen LogP contribution in [0.2, 0.25) is 0 Å². The highest BCUT2D eigenvalue weighted by Gasteiger charge is 2.21. The van der Waals surface area contributed by atoms with Crippen molar-refractivity contribution in [3.63, 3.8) is 0 Å². The first-order valence-corrected chi connectivity index (χ1v) is 8.84. The van der Waals surface area contributed by atoms with Gasteiger partial charge in [-0.25, -0.2) is 4.79 Å². The van der Waals surface area contributed by atoms with Crippen molar-refractivity contribution in [3.8, 4) is 5.75 Å². The van der Waals surface area contributed by atoms with Gasteiger partial charge < -0.3 is 20.1 Å². The second-order valence-corrected chi connectivity index (χ2v) is 8.35. The van der Waals surface area contributed by atoms with E-state index in [1.54, 1.807) is 52.0 Å². The molecule has 27 heavy (non-hydrogen) atoms. The number of Topliss-reactive ketones (excluding diaryl/α,β-unsaturated/α-hetero) is 1. The first-order valence-electron chi connectivity index (χ1n) is 8.84. The molecule has 0 aliphatic carbocycles. The molecule has 0 saturated heterocycles. The van der Waals surface area contributed by atoms with E-state index in [0.29, 0.717) is 11.3 Å². The summed E-state index contributed by atoms with van der Waals surface area (Å²) in [5.41, 5.74) is -0.455. The largest absolute Gasteiger partial charge is 0.486 e.